The van der Waals surface area contributed by atoms with Crippen LogP contribution in [0.1, 0.15) is 32.6 Å². The van der Waals surface area contributed by atoms with Gasteiger partial charge in [-0.25, -0.2) is 0 Å². The summed E-state index contributed by atoms with van der Waals surface area (Å²) in [6.45, 7) is 4.98. The Morgan fingerprint density at radius 3 is 2.83 bits per heavy atom. The summed E-state index contributed by atoms with van der Waals surface area (Å²) in [5.74, 6) is 2.15. The van der Waals surface area contributed by atoms with Crippen LogP contribution in [0, 0.1) is 5.92 Å². The molecule has 1 aromatic heterocycles. The highest BCUT2D eigenvalue weighted by Gasteiger charge is 2.26. The van der Waals surface area contributed by atoms with Crippen LogP contribution in [0.5, 0.6) is 5.88 Å². The second kappa shape index (κ2) is 7.93. The van der Waals surface area contributed by atoms with Crippen LogP contribution in [0.4, 0.5) is 5.82 Å². The summed E-state index contributed by atoms with van der Waals surface area (Å²) in [6.07, 6.45) is 8.90. The topological polar surface area (TPSA) is 56.7 Å². The van der Waals surface area contributed by atoms with Gasteiger partial charge >= 0.3 is 0 Å². The van der Waals surface area contributed by atoms with Gasteiger partial charge in [0.25, 0.3) is 0 Å². The van der Waals surface area contributed by atoms with E-state index in [-0.39, 0.29) is 12.2 Å². The summed E-state index contributed by atoms with van der Waals surface area (Å²) in [4.78, 5) is 11.1. The Balaban J connectivity index is 1.61. The molecule has 1 saturated carbocycles. The van der Waals surface area contributed by atoms with Gasteiger partial charge in [0.2, 0.25) is 5.88 Å². The summed E-state index contributed by atoms with van der Waals surface area (Å²) < 4.78 is 17.0. The highest BCUT2D eigenvalue weighted by molar-refractivity contribution is 5.38. The molecule has 2 heterocycles. The Morgan fingerprint density at radius 1 is 1.22 bits per heavy atom. The molecular weight excluding hydrogens is 294 g/mol. The predicted octanol–water partition coefficient (Wildman–Crippen LogP) is 2.29. The number of morpholine rings is 1. The Morgan fingerprint density at radius 2 is 2.04 bits per heavy atom. The lowest BCUT2D eigenvalue weighted by Crippen LogP contribution is -2.48. The molecule has 1 aliphatic heterocycles. The highest BCUT2D eigenvalue weighted by atomic mass is 16.5. The lowest BCUT2D eigenvalue weighted by Gasteiger charge is -2.37. The summed E-state index contributed by atoms with van der Waals surface area (Å²) in [5.41, 5.74) is 0. The van der Waals surface area contributed by atoms with Gasteiger partial charge in [-0.15, -0.1) is 0 Å². The van der Waals surface area contributed by atoms with Crippen molar-refractivity contribution in [1.82, 2.24) is 9.97 Å². The molecule has 1 saturated heterocycles. The maximum Gasteiger partial charge on any atom is 0.234 e. The fourth-order valence-corrected chi connectivity index (χ4v) is 3.45. The van der Waals surface area contributed by atoms with Crippen LogP contribution in [-0.4, -0.2) is 55.6 Å². The zero-order valence-corrected chi connectivity index (χ0v) is 14.1. The SMILES string of the molecule is COCC1CN(c2cncc(OCC3CCCC3)n2)CC(C)O1. The first-order chi connectivity index (χ1) is 11.2. The number of methoxy groups -OCH3 is 1. The maximum absolute atomic E-state index is 5.88. The number of anilines is 1. The van der Waals surface area contributed by atoms with Crippen LogP contribution >= 0.6 is 0 Å². The summed E-state index contributed by atoms with van der Waals surface area (Å²) in [7, 11) is 1.70. The molecule has 128 valence electrons. The van der Waals surface area contributed by atoms with Gasteiger partial charge in [-0.1, -0.05) is 12.8 Å². The minimum Gasteiger partial charge on any atom is -0.476 e. The maximum atomic E-state index is 5.88. The molecule has 0 amide bonds. The van der Waals surface area contributed by atoms with Crippen molar-refractivity contribution in [3.63, 3.8) is 0 Å². The van der Waals surface area contributed by atoms with E-state index in [0.717, 1.165) is 25.5 Å². The van der Waals surface area contributed by atoms with Gasteiger partial charge < -0.3 is 19.1 Å². The number of aromatic nitrogens is 2. The average molecular weight is 321 g/mol. The number of ether oxygens (including phenoxy) is 3. The van der Waals surface area contributed by atoms with Gasteiger partial charge in [0, 0.05) is 20.2 Å². The summed E-state index contributed by atoms with van der Waals surface area (Å²) in [6, 6.07) is 0. The molecule has 1 aliphatic carbocycles. The van der Waals surface area contributed by atoms with E-state index in [1.54, 1.807) is 19.5 Å². The van der Waals surface area contributed by atoms with E-state index in [0.29, 0.717) is 18.4 Å². The molecule has 6 nitrogen and oxygen atoms in total. The fourth-order valence-electron chi connectivity index (χ4n) is 3.45. The standard InChI is InChI=1S/C17H27N3O3/c1-13-9-20(10-15(23-13)12-21-2)16-7-18-8-17(19-16)22-11-14-5-3-4-6-14/h7-8,13-15H,3-6,9-12H2,1-2H3. The number of rotatable bonds is 6. The Kier molecular flexibility index (Phi) is 5.67. The fraction of sp³-hybridized carbons (Fsp3) is 0.765. The molecule has 3 rings (SSSR count). The van der Waals surface area contributed by atoms with E-state index in [2.05, 4.69) is 21.8 Å². The third-order valence-electron chi connectivity index (χ3n) is 4.54. The minimum absolute atomic E-state index is 0.0635. The van der Waals surface area contributed by atoms with Crippen LogP contribution in [0.25, 0.3) is 0 Å². The number of hydrogen-bond donors (Lipinski definition) is 0. The van der Waals surface area contributed by atoms with Gasteiger partial charge in [0.15, 0.2) is 5.82 Å². The predicted molar refractivity (Wildman–Crippen MR) is 87.9 cm³/mol. The molecule has 0 bridgehead atoms. The van der Waals surface area contributed by atoms with Crippen LogP contribution in [0.15, 0.2) is 12.4 Å². The second-order valence-corrected chi connectivity index (χ2v) is 6.61. The molecule has 2 atom stereocenters. The van der Waals surface area contributed by atoms with Crippen LogP contribution < -0.4 is 9.64 Å². The van der Waals surface area contributed by atoms with Crippen LogP contribution in [0.3, 0.4) is 0 Å². The summed E-state index contributed by atoms with van der Waals surface area (Å²) >= 11 is 0. The van der Waals surface area contributed by atoms with Gasteiger partial charge in [-0.05, 0) is 25.7 Å². The van der Waals surface area contributed by atoms with E-state index < -0.39 is 0 Å². The van der Waals surface area contributed by atoms with Crippen molar-refractivity contribution in [3.8, 4) is 5.88 Å². The first kappa shape index (κ1) is 16.5. The van der Waals surface area contributed by atoms with Crippen molar-refractivity contribution in [1.29, 1.82) is 0 Å². The van der Waals surface area contributed by atoms with Gasteiger partial charge in [0.1, 0.15) is 0 Å². The zero-order chi connectivity index (χ0) is 16.1. The monoisotopic (exact) mass is 321 g/mol. The molecule has 0 aromatic carbocycles. The Labute approximate surface area is 138 Å². The Bertz CT molecular complexity index is 494. The van der Waals surface area contributed by atoms with Crippen molar-refractivity contribution in [2.24, 2.45) is 5.92 Å². The van der Waals surface area contributed by atoms with Gasteiger partial charge in [-0.3, -0.25) is 4.98 Å². The normalized spacial score (nSPS) is 25.7. The quantitative estimate of drug-likeness (QED) is 0.801. The van der Waals surface area contributed by atoms with Crippen molar-refractivity contribution < 1.29 is 14.2 Å². The van der Waals surface area contributed by atoms with E-state index in [1.807, 2.05) is 0 Å². The van der Waals surface area contributed by atoms with Crippen molar-refractivity contribution >= 4 is 5.82 Å². The van der Waals surface area contributed by atoms with Crippen molar-refractivity contribution in [2.45, 2.75) is 44.8 Å². The molecule has 2 aliphatic rings. The lowest BCUT2D eigenvalue weighted by atomic mass is 10.1. The molecule has 2 unspecified atom stereocenters. The molecule has 23 heavy (non-hydrogen) atoms. The first-order valence-electron chi connectivity index (χ1n) is 8.58. The largest absolute Gasteiger partial charge is 0.476 e. The molecular formula is C17H27N3O3. The lowest BCUT2D eigenvalue weighted by molar-refractivity contribution is -0.0513. The van der Waals surface area contributed by atoms with Crippen molar-refractivity contribution in [2.75, 3.05) is 38.3 Å². The Hall–Kier alpha value is -1.40. The molecule has 0 N–H and O–H groups in total. The smallest absolute Gasteiger partial charge is 0.234 e. The summed E-state index contributed by atoms with van der Waals surface area (Å²) in [5, 5.41) is 0. The second-order valence-electron chi connectivity index (χ2n) is 6.61. The third-order valence-corrected chi connectivity index (χ3v) is 4.54. The highest BCUT2D eigenvalue weighted by Crippen LogP contribution is 2.26. The molecule has 2 fully saturated rings. The minimum atomic E-state index is 0.0635. The molecule has 6 heteroatoms. The third kappa shape index (κ3) is 4.54. The zero-order valence-electron chi connectivity index (χ0n) is 14.1. The number of nitrogens with zero attached hydrogens (tertiary/aromatic N) is 3. The number of hydrogen-bond acceptors (Lipinski definition) is 6. The molecule has 0 radical (unpaired) electrons. The average Bonchev–Trinajstić information content (AvgIpc) is 3.06. The van der Waals surface area contributed by atoms with Crippen molar-refractivity contribution in [3.05, 3.63) is 12.4 Å². The first-order valence-corrected chi connectivity index (χ1v) is 8.58. The molecule has 0 spiro atoms. The molecule has 1 aromatic rings. The van der Waals surface area contributed by atoms with E-state index in [4.69, 9.17) is 14.2 Å². The van der Waals surface area contributed by atoms with Gasteiger partial charge in [-0.2, -0.15) is 4.98 Å². The van der Waals surface area contributed by atoms with E-state index >= 15 is 0 Å². The van der Waals surface area contributed by atoms with Gasteiger partial charge in [0.05, 0.1) is 37.8 Å². The van der Waals surface area contributed by atoms with Crippen LogP contribution in [-0.2, 0) is 9.47 Å². The van der Waals surface area contributed by atoms with Crippen LogP contribution in [0.2, 0.25) is 0 Å². The van der Waals surface area contributed by atoms with E-state index in [1.165, 1.54) is 25.7 Å². The van der Waals surface area contributed by atoms with E-state index in [9.17, 15) is 0 Å².